The van der Waals surface area contributed by atoms with E-state index < -0.39 is 23.8 Å². The molecule has 40 heavy (non-hydrogen) atoms. The number of ether oxygens (including phenoxy) is 2. The number of carbonyl (C=O) groups is 2. The number of carbonyl (C=O) groups excluding carboxylic acids is 2. The Morgan fingerprint density at radius 2 is 1.68 bits per heavy atom. The highest BCUT2D eigenvalue weighted by Crippen LogP contribution is 2.31. The van der Waals surface area contributed by atoms with Crippen molar-refractivity contribution >= 4 is 29.4 Å². The van der Waals surface area contributed by atoms with Crippen molar-refractivity contribution in [1.29, 1.82) is 0 Å². The summed E-state index contributed by atoms with van der Waals surface area (Å²) in [7, 11) is 0. The zero-order chi connectivity index (χ0) is 28.4. The van der Waals surface area contributed by atoms with Crippen LogP contribution in [0.15, 0.2) is 86.1 Å². The summed E-state index contributed by atoms with van der Waals surface area (Å²) in [5.74, 6) is -0.422. The van der Waals surface area contributed by atoms with Crippen molar-refractivity contribution in [3.05, 3.63) is 114 Å². The van der Waals surface area contributed by atoms with Crippen LogP contribution in [0.2, 0.25) is 0 Å². The maximum atomic E-state index is 13.7. The van der Waals surface area contributed by atoms with Gasteiger partial charge in [0, 0.05) is 11.6 Å². The molecule has 1 atom stereocenters. The van der Waals surface area contributed by atoms with Gasteiger partial charge in [0.2, 0.25) is 0 Å². The van der Waals surface area contributed by atoms with Crippen LogP contribution in [0.3, 0.4) is 0 Å². The maximum Gasteiger partial charge on any atom is 0.338 e. The number of furan rings is 1. The van der Waals surface area contributed by atoms with Crippen LogP contribution >= 0.6 is 11.3 Å². The van der Waals surface area contributed by atoms with Crippen LogP contribution < -0.4 is 14.9 Å². The van der Waals surface area contributed by atoms with Crippen LogP contribution in [0.4, 0.5) is 4.39 Å². The number of allylic oxidation sites excluding steroid dienone is 1. The minimum atomic E-state index is -0.830. The van der Waals surface area contributed by atoms with Gasteiger partial charge in [-0.1, -0.05) is 35.6 Å². The van der Waals surface area contributed by atoms with Crippen molar-refractivity contribution in [2.45, 2.75) is 26.8 Å². The molecule has 8 nitrogen and oxygen atoms in total. The molecule has 0 bridgehead atoms. The molecule has 0 saturated carbocycles. The number of halogens is 1. The summed E-state index contributed by atoms with van der Waals surface area (Å²) in [5, 5.41) is 0. The number of aromatic nitrogens is 1. The Morgan fingerprint density at radius 3 is 2.35 bits per heavy atom. The molecule has 10 heteroatoms. The van der Waals surface area contributed by atoms with E-state index in [0.717, 1.165) is 16.9 Å². The fourth-order valence-electron chi connectivity index (χ4n) is 4.45. The Labute approximate surface area is 232 Å². The van der Waals surface area contributed by atoms with Gasteiger partial charge < -0.3 is 13.9 Å². The first-order valence-corrected chi connectivity index (χ1v) is 13.4. The van der Waals surface area contributed by atoms with E-state index in [0.29, 0.717) is 44.3 Å². The van der Waals surface area contributed by atoms with Gasteiger partial charge in [-0.15, -0.1) is 0 Å². The lowest BCUT2D eigenvalue weighted by Crippen LogP contribution is -2.39. The highest BCUT2D eigenvalue weighted by molar-refractivity contribution is 7.07. The number of benzene rings is 2. The Balaban J connectivity index is 1.54. The van der Waals surface area contributed by atoms with E-state index in [-0.39, 0.29) is 17.7 Å². The standard InChI is InChI=1S/C30H25FN2O6S/c1-4-37-28(35)20-8-6-18(7-9-20)23-15-14-22(39-23)16-24-27(34)33-26(19-10-12-21(31)13-11-19)25(29(36)38-5-2)17(3)32-30(33)40-24/h6-16,26H,4-5H2,1-3H3/b24-16-. The van der Waals surface area contributed by atoms with Crippen LogP contribution in [0.1, 0.15) is 48.5 Å². The second-order valence-corrected chi connectivity index (χ2v) is 9.86. The second kappa shape index (κ2) is 11.3. The van der Waals surface area contributed by atoms with E-state index in [1.165, 1.54) is 16.7 Å². The molecule has 3 heterocycles. The number of nitrogens with zero attached hydrogens (tertiary/aromatic N) is 2. The fraction of sp³-hybridized carbons (Fsp3) is 0.200. The summed E-state index contributed by atoms with van der Waals surface area (Å²) >= 11 is 1.16. The fourth-order valence-corrected chi connectivity index (χ4v) is 5.48. The van der Waals surface area contributed by atoms with E-state index in [4.69, 9.17) is 13.9 Å². The first-order valence-electron chi connectivity index (χ1n) is 12.6. The lowest BCUT2D eigenvalue weighted by atomic mass is 9.96. The zero-order valence-corrected chi connectivity index (χ0v) is 22.8. The minimum absolute atomic E-state index is 0.155. The molecule has 1 aliphatic rings. The largest absolute Gasteiger partial charge is 0.463 e. The van der Waals surface area contributed by atoms with Gasteiger partial charge in [0.15, 0.2) is 4.80 Å². The van der Waals surface area contributed by atoms with Gasteiger partial charge in [-0.25, -0.2) is 19.0 Å². The average molecular weight is 561 g/mol. The number of hydrogen-bond donors (Lipinski definition) is 0. The third-order valence-electron chi connectivity index (χ3n) is 6.28. The maximum absolute atomic E-state index is 13.7. The zero-order valence-electron chi connectivity index (χ0n) is 22.0. The lowest BCUT2D eigenvalue weighted by Gasteiger charge is -2.24. The number of thiazole rings is 1. The molecule has 0 aliphatic carbocycles. The van der Waals surface area contributed by atoms with E-state index in [1.54, 1.807) is 75.4 Å². The molecule has 0 saturated heterocycles. The van der Waals surface area contributed by atoms with Gasteiger partial charge in [-0.05, 0) is 62.7 Å². The Morgan fingerprint density at radius 1 is 1.00 bits per heavy atom. The van der Waals surface area contributed by atoms with Crippen molar-refractivity contribution in [1.82, 2.24) is 4.57 Å². The van der Waals surface area contributed by atoms with Crippen LogP contribution in [0, 0.1) is 5.82 Å². The summed E-state index contributed by atoms with van der Waals surface area (Å²) in [6.45, 7) is 5.58. The Bertz CT molecular complexity index is 1800. The molecule has 2 aromatic heterocycles. The summed E-state index contributed by atoms with van der Waals surface area (Å²) in [4.78, 5) is 43.5. The third-order valence-corrected chi connectivity index (χ3v) is 7.27. The molecule has 0 spiro atoms. The molecule has 1 aliphatic heterocycles. The number of rotatable bonds is 7. The van der Waals surface area contributed by atoms with Crippen LogP contribution in [0.5, 0.6) is 0 Å². The van der Waals surface area contributed by atoms with Crippen molar-refractivity contribution < 1.29 is 27.9 Å². The van der Waals surface area contributed by atoms with E-state index in [2.05, 4.69) is 4.99 Å². The molecule has 4 aromatic rings. The van der Waals surface area contributed by atoms with Crippen molar-refractivity contribution in [3.63, 3.8) is 0 Å². The molecule has 0 amide bonds. The predicted molar refractivity (Wildman–Crippen MR) is 147 cm³/mol. The predicted octanol–water partition coefficient (Wildman–Crippen LogP) is 4.37. The van der Waals surface area contributed by atoms with E-state index >= 15 is 0 Å². The molecule has 204 valence electrons. The lowest BCUT2D eigenvalue weighted by molar-refractivity contribution is -0.139. The first-order chi connectivity index (χ1) is 19.3. The molecule has 0 fully saturated rings. The first kappa shape index (κ1) is 27.0. The highest BCUT2D eigenvalue weighted by Gasteiger charge is 2.33. The van der Waals surface area contributed by atoms with Crippen LogP contribution in [-0.2, 0) is 14.3 Å². The number of hydrogen-bond acceptors (Lipinski definition) is 8. The molecular weight excluding hydrogens is 535 g/mol. The summed E-state index contributed by atoms with van der Waals surface area (Å²) < 4.78 is 31.8. The number of esters is 2. The minimum Gasteiger partial charge on any atom is -0.463 e. The molecular formula is C30H25FN2O6S. The third kappa shape index (κ3) is 5.17. The van der Waals surface area contributed by atoms with Gasteiger partial charge in [0.25, 0.3) is 5.56 Å². The normalized spacial score (nSPS) is 15.0. The Kier molecular flexibility index (Phi) is 7.61. The quantitative estimate of drug-likeness (QED) is 0.311. The highest BCUT2D eigenvalue weighted by atomic mass is 32.1. The molecule has 1 unspecified atom stereocenters. The van der Waals surface area contributed by atoms with Gasteiger partial charge in [0.1, 0.15) is 17.3 Å². The van der Waals surface area contributed by atoms with Gasteiger partial charge in [-0.2, -0.15) is 0 Å². The monoisotopic (exact) mass is 560 g/mol. The summed E-state index contributed by atoms with van der Waals surface area (Å²) in [6, 6.07) is 15.2. The molecule has 0 radical (unpaired) electrons. The summed E-state index contributed by atoms with van der Waals surface area (Å²) in [5.41, 5.74) is 2.01. The topological polar surface area (TPSA) is 100 Å². The van der Waals surface area contributed by atoms with Crippen molar-refractivity contribution in [2.24, 2.45) is 4.99 Å². The second-order valence-electron chi connectivity index (χ2n) is 8.85. The molecule has 0 N–H and O–H groups in total. The SMILES string of the molecule is CCOC(=O)C1=C(C)N=c2s/c(=C\c3ccc(-c4ccc(C(=O)OCC)cc4)o3)c(=O)n2C1c1ccc(F)cc1. The molecule has 5 rings (SSSR count). The Hall–Kier alpha value is -4.57. The smallest absolute Gasteiger partial charge is 0.338 e. The average Bonchev–Trinajstić information content (AvgIpc) is 3.53. The van der Waals surface area contributed by atoms with E-state index in [1.807, 2.05) is 0 Å². The van der Waals surface area contributed by atoms with Gasteiger partial charge in [0.05, 0.1) is 40.6 Å². The van der Waals surface area contributed by atoms with Gasteiger partial charge in [-0.3, -0.25) is 9.36 Å². The summed E-state index contributed by atoms with van der Waals surface area (Å²) in [6.07, 6.45) is 1.62. The van der Waals surface area contributed by atoms with Gasteiger partial charge >= 0.3 is 11.9 Å². The molecule has 2 aromatic carbocycles. The van der Waals surface area contributed by atoms with Crippen LogP contribution in [0.25, 0.3) is 17.4 Å². The van der Waals surface area contributed by atoms with Crippen molar-refractivity contribution in [3.8, 4) is 11.3 Å². The van der Waals surface area contributed by atoms with E-state index in [9.17, 15) is 18.8 Å². The van der Waals surface area contributed by atoms with Crippen molar-refractivity contribution in [2.75, 3.05) is 13.2 Å². The van der Waals surface area contributed by atoms with Crippen LogP contribution in [-0.4, -0.2) is 29.7 Å². The number of fused-ring (bicyclic) bond motifs is 1.